The minimum absolute atomic E-state index is 0.129. The summed E-state index contributed by atoms with van der Waals surface area (Å²) in [6, 6.07) is 16.4. The Morgan fingerprint density at radius 2 is 1.84 bits per heavy atom. The topological polar surface area (TPSA) is 56.2 Å². The Morgan fingerprint density at radius 1 is 1.12 bits per heavy atom. The van der Waals surface area contributed by atoms with Gasteiger partial charge in [-0.25, -0.2) is 0 Å². The number of nitrogens with one attached hydrogen (secondary N) is 1. The molecule has 2 aromatic carbocycles. The largest absolute Gasteiger partial charge is 0.489 e. The summed E-state index contributed by atoms with van der Waals surface area (Å²) in [4.78, 5) is 12.2. The number of carbonyl (C=O) groups excluding carboxylic acids is 1. The van der Waals surface area contributed by atoms with Crippen molar-refractivity contribution in [3.8, 4) is 5.75 Å². The fraction of sp³-hybridized carbons (Fsp3) is 0.158. The number of amides is 1. The average molecular weight is 356 g/mol. The van der Waals surface area contributed by atoms with E-state index in [0.29, 0.717) is 23.7 Å². The number of ether oxygens (including phenoxy) is 1. The van der Waals surface area contributed by atoms with Gasteiger partial charge in [-0.1, -0.05) is 23.7 Å². The molecule has 1 heterocycles. The first kappa shape index (κ1) is 17.0. The highest BCUT2D eigenvalue weighted by Crippen LogP contribution is 2.17. The van der Waals surface area contributed by atoms with E-state index < -0.39 is 0 Å². The molecule has 0 aliphatic carbocycles. The molecule has 128 valence electrons. The van der Waals surface area contributed by atoms with Crippen LogP contribution in [0.5, 0.6) is 5.75 Å². The Hall–Kier alpha value is -2.79. The maximum atomic E-state index is 12.2. The third-order valence-electron chi connectivity index (χ3n) is 3.63. The lowest BCUT2D eigenvalue weighted by atomic mass is 10.1. The number of hydrogen-bond donors (Lipinski definition) is 1. The summed E-state index contributed by atoms with van der Waals surface area (Å²) in [5.74, 6) is 0.623. The Kier molecular flexibility index (Phi) is 5.36. The van der Waals surface area contributed by atoms with Crippen LogP contribution >= 0.6 is 11.6 Å². The summed E-state index contributed by atoms with van der Waals surface area (Å²) in [5, 5.41) is 7.75. The second-order valence-corrected chi connectivity index (χ2v) is 6.04. The number of aryl methyl sites for hydroxylation is 1. The van der Waals surface area contributed by atoms with Gasteiger partial charge in [-0.05, 0) is 48.0 Å². The molecule has 0 spiro atoms. The van der Waals surface area contributed by atoms with Gasteiger partial charge >= 0.3 is 0 Å². The molecule has 1 N–H and O–H groups in total. The normalized spacial score (nSPS) is 10.5. The summed E-state index contributed by atoms with van der Waals surface area (Å²) < 4.78 is 7.39. The number of carbonyl (C=O) groups is 1. The van der Waals surface area contributed by atoms with E-state index in [2.05, 4.69) is 10.4 Å². The summed E-state index contributed by atoms with van der Waals surface area (Å²) >= 11 is 5.84. The Balaban J connectivity index is 1.52. The number of benzene rings is 2. The van der Waals surface area contributed by atoms with Crippen molar-refractivity contribution in [1.29, 1.82) is 0 Å². The van der Waals surface area contributed by atoms with Crippen LogP contribution in [-0.4, -0.2) is 15.7 Å². The van der Waals surface area contributed by atoms with Crippen LogP contribution in [0.2, 0.25) is 5.02 Å². The summed E-state index contributed by atoms with van der Waals surface area (Å²) in [6.45, 7) is 0.832. The molecule has 0 fully saturated rings. The first-order valence-corrected chi connectivity index (χ1v) is 8.22. The van der Waals surface area contributed by atoms with Crippen LogP contribution in [-0.2, 0) is 20.2 Å². The van der Waals surface area contributed by atoms with E-state index in [1.165, 1.54) is 0 Å². The van der Waals surface area contributed by atoms with Gasteiger partial charge in [0.1, 0.15) is 12.4 Å². The predicted octanol–water partition coefficient (Wildman–Crippen LogP) is 3.58. The Morgan fingerprint density at radius 3 is 2.48 bits per heavy atom. The molecule has 1 aromatic heterocycles. The van der Waals surface area contributed by atoms with Crippen molar-refractivity contribution >= 4 is 17.5 Å². The van der Waals surface area contributed by atoms with Crippen molar-refractivity contribution in [2.24, 2.45) is 7.05 Å². The van der Waals surface area contributed by atoms with E-state index in [1.807, 2.05) is 43.6 Å². The Bertz CT molecular complexity index is 842. The molecule has 0 aliphatic rings. The zero-order valence-corrected chi connectivity index (χ0v) is 14.5. The molecule has 3 aromatic rings. The van der Waals surface area contributed by atoms with Gasteiger partial charge in [-0.2, -0.15) is 5.10 Å². The first-order chi connectivity index (χ1) is 12.1. The van der Waals surface area contributed by atoms with Gasteiger partial charge in [-0.3, -0.25) is 9.48 Å². The van der Waals surface area contributed by atoms with Crippen LogP contribution in [0.3, 0.4) is 0 Å². The van der Waals surface area contributed by atoms with Crippen LogP contribution in [0.1, 0.15) is 21.6 Å². The van der Waals surface area contributed by atoms with Crippen LogP contribution in [0, 0.1) is 0 Å². The van der Waals surface area contributed by atoms with Crippen molar-refractivity contribution in [3.63, 3.8) is 0 Å². The molecule has 6 heteroatoms. The molecule has 0 atom stereocenters. The second kappa shape index (κ2) is 7.85. The summed E-state index contributed by atoms with van der Waals surface area (Å²) in [7, 11) is 1.84. The van der Waals surface area contributed by atoms with E-state index in [1.54, 1.807) is 28.9 Å². The molecule has 5 nitrogen and oxygen atoms in total. The van der Waals surface area contributed by atoms with E-state index in [0.717, 1.165) is 17.0 Å². The van der Waals surface area contributed by atoms with Crippen LogP contribution < -0.4 is 10.1 Å². The molecule has 1 amide bonds. The van der Waals surface area contributed by atoms with Gasteiger partial charge < -0.3 is 10.1 Å². The van der Waals surface area contributed by atoms with E-state index >= 15 is 0 Å². The van der Waals surface area contributed by atoms with Gasteiger partial charge in [0.05, 0.1) is 12.2 Å². The SMILES string of the molecule is Cn1ccc(CNC(=O)c2ccc(COc3ccc(Cl)cc3)cc2)n1. The molecular weight excluding hydrogens is 338 g/mol. The number of rotatable bonds is 6. The van der Waals surface area contributed by atoms with Crippen LogP contribution in [0.25, 0.3) is 0 Å². The van der Waals surface area contributed by atoms with Crippen molar-refractivity contribution in [1.82, 2.24) is 15.1 Å². The molecule has 0 saturated carbocycles. The van der Waals surface area contributed by atoms with Crippen molar-refractivity contribution < 1.29 is 9.53 Å². The zero-order chi connectivity index (χ0) is 17.6. The molecule has 3 rings (SSSR count). The highest BCUT2D eigenvalue weighted by Gasteiger charge is 2.06. The van der Waals surface area contributed by atoms with Crippen molar-refractivity contribution in [2.45, 2.75) is 13.2 Å². The van der Waals surface area contributed by atoms with E-state index in [9.17, 15) is 4.79 Å². The fourth-order valence-electron chi connectivity index (χ4n) is 2.28. The smallest absolute Gasteiger partial charge is 0.251 e. The molecule has 0 unspecified atom stereocenters. The number of hydrogen-bond acceptors (Lipinski definition) is 3. The molecular formula is C19H18ClN3O2. The van der Waals surface area contributed by atoms with Gasteiger partial charge in [-0.15, -0.1) is 0 Å². The van der Waals surface area contributed by atoms with Crippen molar-refractivity contribution in [2.75, 3.05) is 0 Å². The Labute approximate surface area is 151 Å². The molecule has 0 bridgehead atoms. The average Bonchev–Trinajstić information content (AvgIpc) is 3.05. The van der Waals surface area contributed by atoms with E-state index in [4.69, 9.17) is 16.3 Å². The summed E-state index contributed by atoms with van der Waals surface area (Å²) in [5.41, 5.74) is 2.41. The first-order valence-electron chi connectivity index (χ1n) is 7.84. The number of nitrogens with zero attached hydrogens (tertiary/aromatic N) is 2. The second-order valence-electron chi connectivity index (χ2n) is 5.60. The number of aromatic nitrogens is 2. The third-order valence-corrected chi connectivity index (χ3v) is 3.89. The van der Waals surface area contributed by atoms with Gasteiger partial charge in [0.2, 0.25) is 0 Å². The summed E-state index contributed by atoms with van der Waals surface area (Å²) in [6.07, 6.45) is 1.84. The lowest BCUT2D eigenvalue weighted by Crippen LogP contribution is -2.23. The molecule has 0 saturated heterocycles. The molecule has 0 radical (unpaired) electrons. The lowest BCUT2D eigenvalue weighted by molar-refractivity contribution is 0.0950. The maximum absolute atomic E-state index is 12.2. The monoisotopic (exact) mass is 355 g/mol. The quantitative estimate of drug-likeness (QED) is 0.735. The number of halogens is 1. The third kappa shape index (κ3) is 4.84. The molecule has 25 heavy (non-hydrogen) atoms. The van der Waals surface area contributed by atoms with Crippen LogP contribution in [0.4, 0.5) is 0 Å². The zero-order valence-electron chi connectivity index (χ0n) is 13.8. The van der Waals surface area contributed by atoms with Crippen molar-refractivity contribution in [3.05, 3.63) is 82.6 Å². The van der Waals surface area contributed by atoms with Crippen LogP contribution in [0.15, 0.2) is 60.8 Å². The lowest BCUT2D eigenvalue weighted by Gasteiger charge is -2.08. The predicted molar refractivity (Wildman–Crippen MR) is 96.6 cm³/mol. The molecule has 0 aliphatic heterocycles. The highest BCUT2D eigenvalue weighted by molar-refractivity contribution is 6.30. The highest BCUT2D eigenvalue weighted by atomic mass is 35.5. The standard InChI is InChI=1S/C19H18ClN3O2/c1-23-11-10-17(22-23)12-21-19(24)15-4-2-14(3-5-15)13-25-18-8-6-16(20)7-9-18/h2-11H,12-13H2,1H3,(H,21,24). The maximum Gasteiger partial charge on any atom is 0.251 e. The van der Waals surface area contributed by atoms with E-state index in [-0.39, 0.29) is 5.91 Å². The minimum Gasteiger partial charge on any atom is -0.489 e. The minimum atomic E-state index is -0.129. The van der Waals surface area contributed by atoms with Gasteiger partial charge in [0, 0.05) is 23.8 Å². The fourth-order valence-corrected chi connectivity index (χ4v) is 2.41. The van der Waals surface area contributed by atoms with Gasteiger partial charge in [0.15, 0.2) is 0 Å². The van der Waals surface area contributed by atoms with Gasteiger partial charge in [0.25, 0.3) is 5.91 Å².